The second kappa shape index (κ2) is 5.95. The molecule has 0 aliphatic heterocycles. The molecule has 0 fully saturated rings. The van der Waals surface area contributed by atoms with Gasteiger partial charge in [0, 0.05) is 0 Å². The van der Waals surface area contributed by atoms with Gasteiger partial charge in [0.05, 0.1) is 6.21 Å². The minimum Gasteiger partial charge on any atom is -0.411 e. The van der Waals surface area contributed by atoms with Gasteiger partial charge in [-0.3, -0.25) is 0 Å². The van der Waals surface area contributed by atoms with Crippen LogP contribution in [0.5, 0.6) is 0 Å². The summed E-state index contributed by atoms with van der Waals surface area (Å²) in [5.74, 6) is 0. The smallest absolute Gasteiger partial charge is 0.0661 e. The minimum absolute atomic E-state index is 1.31. The van der Waals surface area contributed by atoms with E-state index in [0.717, 1.165) is 0 Å². The standard InChI is InChI=1S/C6H9NO/c1-2-3-4-5-6-7-8/h2-6,8H,1H3/b3-2-,5-4-,7-6+. The maximum Gasteiger partial charge on any atom is 0.0661 e. The average molecular weight is 111 g/mol. The molecule has 0 amide bonds. The maximum atomic E-state index is 7.86. The molecule has 1 N–H and O–H groups in total. The van der Waals surface area contributed by atoms with Crippen molar-refractivity contribution in [3.05, 3.63) is 24.3 Å². The minimum atomic E-state index is 1.31. The van der Waals surface area contributed by atoms with Crippen molar-refractivity contribution in [2.24, 2.45) is 5.16 Å². The third kappa shape index (κ3) is 4.95. The molecule has 0 radical (unpaired) electrons. The fourth-order valence-corrected chi connectivity index (χ4v) is 0.263. The molecule has 0 aromatic rings. The first-order chi connectivity index (χ1) is 3.91. The molecule has 0 unspecified atom stereocenters. The van der Waals surface area contributed by atoms with Gasteiger partial charge < -0.3 is 5.21 Å². The van der Waals surface area contributed by atoms with Gasteiger partial charge in [-0.05, 0) is 13.0 Å². The van der Waals surface area contributed by atoms with E-state index in [1.165, 1.54) is 6.21 Å². The third-order valence-electron chi connectivity index (χ3n) is 0.567. The van der Waals surface area contributed by atoms with E-state index in [2.05, 4.69) is 5.16 Å². The molecule has 0 spiro atoms. The van der Waals surface area contributed by atoms with E-state index in [0.29, 0.717) is 0 Å². The highest BCUT2D eigenvalue weighted by molar-refractivity contribution is 5.70. The molecule has 0 saturated heterocycles. The van der Waals surface area contributed by atoms with Crippen molar-refractivity contribution < 1.29 is 5.21 Å². The Balaban J connectivity index is 3.35. The Labute approximate surface area is 48.8 Å². The largest absolute Gasteiger partial charge is 0.411 e. The lowest BCUT2D eigenvalue weighted by atomic mass is 10.4. The zero-order valence-corrected chi connectivity index (χ0v) is 4.78. The fraction of sp³-hybridized carbons (Fsp3) is 0.167. The normalized spacial score (nSPS) is 12.6. The van der Waals surface area contributed by atoms with Crippen LogP contribution in [-0.4, -0.2) is 11.4 Å². The van der Waals surface area contributed by atoms with Gasteiger partial charge in [0.2, 0.25) is 0 Å². The number of allylic oxidation sites excluding steroid dienone is 4. The number of oxime groups is 1. The lowest BCUT2D eigenvalue weighted by molar-refractivity contribution is 0.322. The van der Waals surface area contributed by atoms with Gasteiger partial charge in [-0.1, -0.05) is 23.4 Å². The molecule has 44 valence electrons. The van der Waals surface area contributed by atoms with E-state index < -0.39 is 0 Å². The summed E-state index contributed by atoms with van der Waals surface area (Å²) in [6.45, 7) is 1.92. The van der Waals surface area contributed by atoms with Crippen LogP contribution < -0.4 is 0 Å². The summed E-state index contributed by atoms with van der Waals surface area (Å²) in [7, 11) is 0. The van der Waals surface area contributed by atoms with E-state index >= 15 is 0 Å². The summed E-state index contributed by atoms with van der Waals surface area (Å²) in [6, 6.07) is 0. The van der Waals surface area contributed by atoms with Crippen molar-refractivity contribution in [3.63, 3.8) is 0 Å². The molecule has 0 heterocycles. The van der Waals surface area contributed by atoms with Crippen molar-refractivity contribution in [3.8, 4) is 0 Å². The highest BCUT2D eigenvalue weighted by Crippen LogP contribution is 1.71. The van der Waals surface area contributed by atoms with E-state index in [1.54, 1.807) is 12.2 Å². The summed E-state index contributed by atoms with van der Waals surface area (Å²) >= 11 is 0. The van der Waals surface area contributed by atoms with E-state index in [1.807, 2.05) is 19.1 Å². The quantitative estimate of drug-likeness (QED) is 0.249. The Morgan fingerprint density at radius 2 is 2.00 bits per heavy atom. The van der Waals surface area contributed by atoms with Gasteiger partial charge in [0.25, 0.3) is 0 Å². The van der Waals surface area contributed by atoms with Gasteiger partial charge in [-0.25, -0.2) is 0 Å². The molecule has 2 nitrogen and oxygen atoms in total. The summed E-state index contributed by atoms with van der Waals surface area (Å²) < 4.78 is 0. The monoisotopic (exact) mass is 111 g/mol. The predicted octanol–water partition coefficient (Wildman–Crippen LogP) is 1.58. The average Bonchev–Trinajstić information content (AvgIpc) is 1.81. The Morgan fingerprint density at radius 3 is 2.50 bits per heavy atom. The van der Waals surface area contributed by atoms with Crippen molar-refractivity contribution in [1.29, 1.82) is 0 Å². The van der Waals surface area contributed by atoms with Crippen LogP contribution in [0.3, 0.4) is 0 Å². The van der Waals surface area contributed by atoms with Crippen LogP contribution in [0.25, 0.3) is 0 Å². The highest BCUT2D eigenvalue weighted by atomic mass is 16.4. The molecule has 0 atom stereocenters. The topological polar surface area (TPSA) is 32.6 Å². The van der Waals surface area contributed by atoms with Crippen molar-refractivity contribution in [1.82, 2.24) is 0 Å². The van der Waals surface area contributed by atoms with Crippen LogP contribution in [0.15, 0.2) is 29.5 Å². The molecule has 2 heteroatoms. The number of rotatable bonds is 2. The van der Waals surface area contributed by atoms with E-state index in [-0.39, 0.29) is 0 Å². The van der Waals surface area contributed by atoms with Gasteiger partial charge in [0.15, 0.2) is 0 Å². The van der Waals surface area contributed by atoms with Crippen molar-refractivity contribution >= 4 is 6.21 Å². The van der Waals surface area contributed by atoms with Crippen LogP contribution >= 0.6 is 0 Å². The molecule has 0 aliphatic rings. The lowest BCUT2D eigenvalue weighted by Gasteiger charge is -1.67. The zero-order chi connectivity index (χ0) is 6.24. The van der Waals surface area contributed by atoms with Gasteiger partial charge >= 0.3 is 0 Å². The summed E-state index contributed by atoms with van der Waals surface area (Å²) in [6.07, 6.45) is 8.46. The first-order valence-corrected chi connectivity index (χ1v) is 2.37. The lowest BCUT2D eigenvalue weighted by Crippen LogP contribution is -1.59. The van der Waals surface area contributed by atoms with E-state index in [4.69, 9.17) is 5.21 Å². The van der Waals surface area contributed by atoms with Crippen molar-refractivity contribution in [2.45, 2.75) is 6.92 Å². The van der Waals surface area contributed by atoms with Gasteiger partial charge in [0.1, 0.15) is 0 Å². The Bertz CT molecular complexity index is 99.7. The van der Waals surface area contributed by atoms with Crippen LogP contribution in [-0.2, 0) is 0 Å². The molecule has 0 aromatic carbocycles. The molecule has 0 aliphatic carbocycles. The number of hydrogen-bond donors (Lipinski definition) is 1. The highest BCUT2D eigenvalue weighted by Gasteiger charge is 1.57. The third-order valence-corrected chi connectivity index (χ3v) is 0.567. The summed E-state index contributed by atoms with van der Waals surface area (Å²) in [5.41, 5.74) is 0. The summed E-state index contributed by atoms with van der Waals surface area (Å²) in [4.78, 5) is 0. The van der Waals surface area contributed by atoms with Crippen LogP contribution in [0, 0.1) is 0 Å². The first kappa shape index (κ1) is 6.95. The number of hydrogen-bond acceptors (Lipinski definition) is 2. The molecular formula is C6H9NO. The zero-order valence-electron chi connectivity index (χ0n) is 4.78. The van der Waals surface area contributed by atoms with Gasteiger partial charge in [-0.15, -0.1) is 0 Å². The fourth-order valence-electron chi connectivity index (χ4n) is 0.263. The molecule has 0 rings (SSSR count). The molecular weight excluding hydrogens is 102 g/mol. The second-order valence-corrected chi connectivity index (χ2v) is 1.18. The number of nitrogens with zero attached hydrogens (tertiary/aromatic N) is 1. The SMILES string of the molecule is C\C=C/C=C\C=N\O. The molecule has 0 aromatic heterocycles. The molecule has 0 bridgehead atoms. The van der Waals surface area contributed by atoms with Gasteiger partial charge in [-0.2, -0.15) is 0 Å². The summed E-state index contributed by atoms with van der Waals surface area (Å²) in [5, 5.41) is 10.6. The Morgan fingerprint density at radius 1 is 1.25 bits per heavy atom. The Kier molecular flexibility index (Phi) is 5.17. The Hall–Kier alpha value is -1.05. The van der Waals surface area contributed by atoms with Crippen molar-refractivity contribution in [2.75, 3.05) is 0 Å². The molecule has 0 saturated carbocycles. The van der Waals surface area contributed by atoms with Crippen LogP contribution in [0.4, 0.5) is 0 Å². The molecule has 8 heavy (non-hydrogen) atoms. The van der Waals surface area contributed by atoms with E-state index in [9.17, 15) is 0 Å². The first-order valence-electron chi connectivity index (χ1n) is 2.37. The second-order valence-electron chi connectivity index (χ2n) is 1.18. The van der Waals surface area contributed by atoms with Crippen LogP contribution in [0.2, 0.25) is 0 Å². The maximum absolute atomic E-state index is 7.86. The van der Waals surface area contributed by atoms with Crippen LogP contribution in [0.1, 0.15) is 6.92 Å². The predicted molar refractivity (Wildman–Crippen MR) is 34.2 cm³/mol.